The Balaban J connectivity index is 2.50. The molecule has 1 unspecified atom stereocenters. The van der Waals surface area contributed by atoms with Crippen LogP contribution in [0.4, 0.5) is 8.78 Å². The summed E-state index contributed by atoms with van der Waals surface area (Å²) >= 11 is 3.18. The third-order valence-electron chi connectivity index (χ3n) is 3.20. The lowest BCUT2D eigenvalue weighted by Gasteiger charge is -2.23. The second-order valence-electron chi connectivity index (χ2n) is 4.30. The van der Waals surface area contributed by atoms with E-state index in [1.54, 1.807) is 12.1 Å². The fourth-order valence-electron chi connectivity index (χ4n) is 2.23. The van der Waals surface area contributed by atoms with Crippen LogP contribution in [0.3, 0.4) is 0 Å². The molecule has 0 heterocycles. The number of esters is 1. The van der Waals surface area contributed by atoms with E-state index in [0.717, 1.165) is 0 Å². The molecule has 0 bridgehead atoms. The summed E-state index contributed by atoms with van der Waals surface area (Å²) in [5, 5.41) is 0. The predicted octanol–water partition coefficient (Wildman–Crippen LogP) is 3.00. The van der Waals surface area contributed by atoms with Crippen molar-refractivity contribution >= 4 is 27.7 Å². The summed E-state index contributed by atoms with van der Waals surface area (Å²) < 4.78 is 32.0. The lowest BCUT2D eigenvalue weighted by molar-refractivity contribution is -0.159. The molecule has 0 radical (unpaired) electrons. The van der Waals surface area contributed by atoms with E-state index in [1.165, 1.54) is 13.0 Å². The van der Waals surface area contributed by atoms with Crippen molar-refractivity contribution in [1.29, 1.82) is 0 Å². The van der Waals surface area contributed by atoms with E-state index < -0.39 is 23.6 Å². The largest absolute Gasteiger partial charge is 0.465 e. The van der Waals surface area contributed by atoms with Gasteiger partial charge in [0, 0.05) is 16.5 Å². The van der Waals surface area contributed by atoms with Crippen molar-refractivity contribution in [3.05, 3.63) is 33.8 Å². The van der Waals surface area contributed by atoms with E-state index in [1.807, 2.05) is 0 Å². The predicted molar refractivity (Wildman–Crippen MR) is 67.2 cm³/mol. The van der Waals surface area contributed by atoms with Crippen LogP contribution in [0.15, 0.2) is 22.7 Å². The van der Waals surface area contributed by atoms with Crippen molar-refractivity contribution in [2.24, 2.45) is 5.41 Å². The molecule has 1 atom stereocenters. The minimum atomic E-state index is -3.09. The number of hydrogen-bond acceptors (Lipinski definition) is 3. The van der Waals surface area contributed by atoms with Crippen LogP contribution >= 0.6 is 15.9 Å². The highest BCUT2D eigenvalue weighted by atomic mass is 79.9. The number of carbonyl (C=O) groups excluding carboxylic acids is 2. The first-order chi connectivity index (χ1) is 8.93. The molecule has 6 heteroatoms. The molecule has 0 saturated heterocycles. The van der Waals surface area contributed by atoms with Gasteiger partial charge in [-0.3, -0.25) is 9.59 Å². The van der Waals surface area contributed by atoms with Crippen LogP contribution < -0.4 is 0 Å². The van der Waals surface area contributed by atoms with Crippen molar-refractivity contribution in [2.45, 2.75) is 19.8 Å². The molecule has 0 fully saturated rings. The molecule has 0 aliphatic heterocycles. The fourth-order valence-corrected chi connectivity index (χ4v) is 2.59. The summed E-state index contributed by atoms with van der Waals surface area (Å²) in [6.45, 7) is 1.47. The Hall–Kier alpha value is -1.30. The van der Waals surface area contributed by atoms with E-state index in [4.69, 9.17) is 0 Å². The van der Waals surface area contributed by atoms with E-state index in [9.17, 15) is 18.4 Å². The number of carbonyl (C=O) groups is 2. The van der Waals surface area contributed by atoms with Crippen molar-refractivity contribution in [2.75, 3.05) is 6.61 Å². The van der Waals surface area contributed by atoms with Gasteiger partial charge in [0.1, 0.15) is 0 Å². The molecule has 0 aromatic heterocycles. The molecule has 1 aliphatic rings. The number of halogens is 3. The van der Waals surface area contributed by atoms with E-state index in [-0.39, 0.29) is 18.6 Å². The van der Waals surface area contributed by atoms with Gasteiger partial charge in [0.25, 0.3) is 6.43 Å². The molecule has 3 nitrogen and oxygen atoms in total. The first kappa shape index (κ1) is 14.1. The molecular weight excluding hydrogens is 322 g/mol. The van der Waals surface area contributed by atoms with Crippen LogP contribution in [0.1, 0.15) is 22.8 Å². The lowest BCUT2D eigenvalue weighted by Crippen LogP contribution is -2.45. The Morgan fingerprint density at radius 2 is 2.21 bits per heavy atom. The van der Waals surface area contributed by atoms with E-state index in [2.05, 4.69) is 20.7 Å². The Morgan fingerprint density at radius 3 is 2.79 bits per heavy atom. The SMILES string of the molecule is CCOC(=O)C1(C(F)F)Cc2ccc(Br)cc2C1=O. The number of alkyl halides is 2. The van der Waals surface area contributed by atoms with Gasteiger partial charge >= 0.3 is 5.97 Å². The number of ether oxygens (including phenoxy) is 1. The second kappa shape index (κ2) is 5.00. The number of Topliss-reactive ketones (excluding diaryl/α,β-unsaturated/α-hetero) is 1. The number of benzene rings is 1. The molecule has 0 N–H and O–H groups in total. The highest BCUT2D eigenvalue weighted by Gasteiger charge is 2.59. The van der Waals surface area contributed by atoms with Crippen molar-refractivity contribution in [3.8, 4) is 0 Å². The van der Waals surface area contributed by atoms with Crippen molar-refractivity contribution < 1.29 is 23.1 Å². The highest BCUT2D eigenvalue weighted by molar-refractivity contribution is 9.10. The first-order valence-electron chi connectivity index (χ1n) is 5.72. The maximum atomic E-state index is 13.4. The summed E-state index contributed by atoms with van der Waals surface area (Å²) in [7, 11) is 0. The summed E-state index contributed by atoms with van der Waals surface area (Å²) in [6, 6.07) is 4.68. The Morgan fingerprint density at radius 1 is 1.53 bits per heavy atom. The van der Waals surface area contributed by atoms with Crippen LogP contribution in [0.25, 0.3) is 0 Å². The monoisotopic (exact) mass is 332 g/mol. The minimum Gasteiger partial charge on any atom is -0.465 e. The van der Waals surface area contributed by atoms with Crippen LogP contribution in [0.2, 0.25) is 0 Å². The summed E-state index contributed by atoms with van der Waals surface area (Å²) in [5.41, 5.74) is -1.79. The van der Waals surface area contributed by atoms with Gasteiger partial charge in [0.05, 0.1) is 6.61 Å². The molecule has 0 saturated carbocycles. The van der Waals surface area contributed by atoms with Gasteiger partial charge in [-0.15, -0.1) is 0 Å². The van der Waals surface area contributed by atoms with E-state index >= 15 is 0 Å². The van der Waals surface area contributed by atoms with Gasteiger partial charge in [0.15, 0.2) is 11.2 Å². The van der Waals surface area contributed by atoms with Gasteiger partial charge in [-0.05, 0) is 24.6 Å². The normalized spacial score (nSPS) is 21.6. The topological polar surface area (TPSA) is 43.4 Å². The van der Waals surface area contributed by atoms with Crippen LogP contribution in [-0.4, -0.2) is 24.8 Å². The standard InChI is InChI=1S/C13H11BrF2O3/c1-2-19-12(18)13(11(15)16)6-7-3-4-8(14)5-9(7)10(13)17/h3-5,11H,2,6H2,1H3. The average molecular weight is 333 g/mol. The average Bonchev–Trinajstić information content (AvgIpc) is 2.64. The zero-order valence-corrected chi connectivity index (χ0v) is 11.7. The smallest absolute Gasteiger partial charge is 0.326 e. The molecule has 19 heavy (non-hydrogen) atoms. The van der Waals surface area contributed by atoms with Gasteiger partial charge in [-0.25, -0.2) is 8.78 Å². The zero-order chi connectivity index (χ0) is 14.2. The van der Waals surface area contributed by atoms with Crippen LogP contribution in [0.5, 0.6) is 0 Å². The maximum Gasteiger partial charge on any atom is 0.326 e. The molecule has 102 valence electrons. The quantitative estimate of drug-likeness (QED) is 0.631. The van der Waals surface area contributed by atoms with E-state index in [0.29, 0.717) is 10.0 Å². The van der Waals surface area contributed by atoms with Crippen LogP contribution in [-0.2, 0) is 16.0 Å². The number of hydrogen-bond donors (Lipinski definition) is 0. The fraction of sp³-hybridized carbons (Fsp3) is 0.385. The number of ketones is 1. The van der Waals surface area contributed by atoms with Gasteiger partial charge in [0.2, 0.25) is 0 Å². The molecule has 1 aromatic rings. The Kier molecular flexibility index (Phi) is 3.71. The molecule has 0 spiro atoms. The first-order valence-corrected chi connectivity index (χ1v) is 6.51. The van der Waals surface area contributed by atoms with Gasteiger partial charge in [-0.1, -0.05) is 22.0 Å². The third-order valence-corrected chi connectivity index (χ3v) is 3.70. The van der Waals surface area contributed by atoms with Crippen molar-refractivity contribution in [1.82, 2.24) is 0 Å². The second-order valence-corrected chi connectivity index (χ2v) is 5.22. The maximum absolute atomic E-state index is 13.4. The Bertz CT molecular complexity index is 545. The van der Waals surface area contributed by atoms with Crippen LogP contribution in [0, 0.1) is 5.41 Å². The molecule has 1 aromatic carbocycles. The molecule has 1 aliphatic carbocycles. The zero-order valence-electron chi connectivity index (χ0n) is 10.1. The number of rotatable bonds is 3. The van der Waals surface area contributed by atoms with Gasteiger partial charge < -0.3 is 4.74 Å². The lowest BCUT2D eigenvalue weighted by atomic mass is 9.84. The Labute approximate surface area is 117 Å². The van der Waals surface area contributed by atoms with Gasteiger partial charge in [-0.2, -0.15) is 0 Å². The van der Waals surface area contributed by atoms with Crippen molar-refractivity contribution in [3.63, 3.8) is 0 Å². The summed E-state index contributed by atoms with van der Waals surface area (Å²) in [6.07, 6.45) is -3.41. The summed E-state index contributed by atoms with van der Waals surface area (Å²) in [5.74, 6) is -2.01. The summed E-state index contributed by atoms with van der Waals surface area (Å²) in [4.78, 5) is 24.1. The molecule has 0 amide bonds. The minimum absolute atomic E-state index is 0.0410. The molecular formula is C13H11BrF2O3. The molecule has 2 rings (SSSR count). The highest BCUT2D eigenvalue weighted by Crippen LogP contribution is 2.43. The number of fused-ring (bicyclic) bond motifs is 1. The third kappa shape index (κ3) is 2.08.